The zero-order valence-corrected chi connectivity index (χ0v) is 6.76. The Morgan fingerprint density at radius 3 is 2.91 bits per heavy atom. The topological polar surface area (TPSA) is 25.2 Å². The van der Waals surface area contributed by atoms with Crippen molar-refractivity contribution in [2.75, 3.05) is 6.54 Å². The molecule has 1 fully saturated rings. The second kappa shape index (κ2) is 2.70. The van der Waals surface area contributed by atoms with Gasteiger partial charge in [-0.25, -0.2) is 0 Å². The largest absolute Gasteiger partial charge is 0.464 e. The maximum absolute atomic E-state index is 5.57. The van der Waals surface area contributed by atoms with Crippen LogP contribution in [0.15, 0.2) is 16.5 Å². The van der Waals surface area contributed by atoms with E-state index in [4.69, 9.17) is 4.42 Å². The van der Waals surface area contributed by atoms with E-state index in [-0.39, 0.29) is 0 Å². The number of aryl methyl sites for hydroxylation is 1. The summed E-state index contributed by atoms with van der Waals surface area (Å²) in [5, 5.41) is 3.31. The summed E-state index contributed by atoms with van der Waals surface area (Å²) in [6.07, 6.45) is 2.21. The van der Waals surface area contributed by atoms with Crippen molar-refractivity contribution in [3.63, 3.8) is 0 Å². The Balaban J connectivity index is 2.11. The lowest BCUT2D eigenvalue weighted by atomic mass is 10.1. The summed E-state index contributed by atoms with van der Waals surface area (Å²) in [5.74, 6) is 2.20. The number of hydrogen-bond acceptors (Lipinski definition) is 2. The molecule has 2 heteroatoms. The van der Waals surface area contributed by atoms with Crippen LogP contribution >= 0.6 is 0 Å². The molecule has 1 aliphatic heterocycles. The fourth-order valence-corrected chi connectivity index (χ4v) is 1.30. The van der Waals surface area contributed by atoms with E-state index in [1.54, 1.807) is 0 Å². The SMILES string of the molecule is CCc1ccc([C@@H]2CCN2)o1. The molecule has 0 unspecified atom stereocenters. The van der Waals surface area contributed by atoms with E-state index >= 15 is 0 Å². The van der Waals surface area contributed by atoms with Crippen LogP contribution in [0.1, 0.15) is 30.9 Å². The molecule has 0 saturated carbocycles. The van der Waals surface area contributed by atoms with Crippen molar-refractivity contribution in [3.8, 4) is 0 Å². The van der Waals surface area contributed by atoms with Gasteiger partial charge in [-0.2, -0.15) is 0 Å². The quantitative estimate of drug-likeness (QED) is 0.698. The van der Waals surface area contributed by atoms with Gasteiger partial charge in [0, 0.05) is 6.42 Å². The van der Waals surface area contributed by atoms with E-state index in [9.17, 15) is 0 Å². The van der Waals surface area contributed by atoms with Gasteiger partial charge in [-0.3, -0.25) is 0 Å². The lowest BCUT2D eigenvalue weighted by molar-refractivity contribution is 0.311. The number of rotatable bonds is 2. The lowest BCUT2D eigenvalue weighted by Crippen LogP contribution is -2.34. The Morgan fingerprint density at radius 2 is 2.45 bits per heavy atom. The third-order valence-corrected chi connectivity index (χ3v) is 2.20. The van der Waals surface area contributed by atoms with Gasteiger partial charge in [0.15, 0.2) is 0 Å². The molecule has 0 amide bonds. The molecule has 2 heterocycles. The predicted molar refractivity (Wildman–Crippen MR) is 43.4 cm³/mol. The van der Waals surface area contributed by atoms with Crippen LogP contribution in [0.4, 0.5) is 0 Å². The highest BCUT2D eigenvalue weighted by molar-refractivity contribution is 5.12. The van der Waals surface area contributed by atoms with Crippen molar-refractivity contribution >= 4 is 0 Å². The summed E-state index contributed by atoms with van der Waals surface area (Å²) >= 11 is 0. The smallest absolute Gasteiger partial charge is 0.121 e. The first-order valence-electron chi connectivity index (χ1n) is 4.22. The average molecular weight is 151 g/mol. The van der Waals surface area contributed by atoms with Crippen LogP contribution in [-0.2, 0) is 6.42 Å². The van der Waals surface area contributed by atoms with Crippen molar-refractivity contribution in [2.24, 2.45) is 0 Å². The Hall–Kier alpha value is -0.760. The van der Waals surface area contributed by atoms with Crippen LogP contribution < -0.4 is 5.32 Å². The number of hydrogen-bond donors (Lipinski definition) is 1. The van der Waals surface area contributed by atoms with E-state index in [0.717, 1.165) is 24.5 Å². The normalized spacial score (nSPS) is 23.2. The first-order chi connectivity index (χ1) is 5.40. The van der Waals surface area contributed by atoms with Gasteiger partial charge in [0.2, 0.25) is 0 Å². The Kier molecular flexibility index (Phi) is 1.70. The molecule has 1 aromatic heterocycles. The fourth-order valence-electron chi connectivity index (χ4n) is 1.30. The van der Waals surface area contributed by atoms with Crippen molar-refractivity contribution in [3.05, 3.63) is 23.7 Å². The molecule has 0 spiro atoms. The third kappa shape index (κ3) is 1.18. The van der Waals surface area contributed by atoms with E-state index < -0.39 is 0 Å². The molecule has 1 aromatic rings. The molecule has 2 rings (SSSR count). The molecule has 11 heavy (non-hydrogen) atoms. The van der Waals surface area contributed by atoms with Crippen LogP contribution in [0.5, 0.6) is 0 Å². The molecule has 60 valence electrons. The summed E-state index contributed by atoms with van der Waals surface area (Å²) in [5.41, 5.74) is 0. The Bertz CT molecular complexity index is 237. The molecule has 0 radical (unpaired) electrons. The molecule has 2 nitrogen and oxygen atoms in total. The summed E-state index contributed by atoms with van der Waals surface area (Å²) in [6.45, 7) is 3.24. The molecular formula is C9H13NO. The minimum atomic E-state index is 0.496. The molecule has 0 bridgehead atoms. The monoisotopic (exact) mass is 151 g/mol. The predicted octanol–water partition coefficient (Wildman–Crippen LogP) is 1.88. The molecule has 1 atom stereocenters. The lowest BCUT2D eigenvalue weighted by Gasteiger charge is -2.25. The first-order valence-corrected chi connectivity index (χ1v) is 4.22. The Labute approximate surface area is 66.6 Å². The maximum Gasteiger partial charge on any atom is 0.121 e. The van der Waals surface area contributed by atoms with E-state index in [1.165, 1.54) is 6.42 Å². The van der Waals surface area contributed by atoms with Gasteiger partial charge in [-0.1, -0.05) is 6.92 Å². The van der Waals surface area contributed by atoms with Crippen LogP contribution in [0.2, 0.25) is 0 Å². The standard InChI is InChI=1S/C9H13NO/c1-2-7-3-4-9(11-7)8-5-6-10-8/h3-4,8,10H,2,5-6H2,1H3/t8-/m0/s1. The summed E-state index contributed by atoms with van der Waals surface area (Å²) in [6, 6.07) is 4.64. The van der Waals surface area contributed by atoms with E-state index in [2.05, 4.69) is 24.4 Å². The highest BCUT2D eigenvalue weighted by Gasteiger charge is 2.21. The molecule has 0 aromatic carbocycles. The molecule has 0 aliphatic carbocycles. The van der Waals surface area contributed by atoms with Gasteiger partial charge in [-0.05, 0) is 25.1 Å². The average Bonchev–Trinajstić information content (AvgIpc) is 2.32. The number of furan rings is 1. The number of nitrogens with one attached hydrogen (secondary N) is 1. The zero-order chi connectivity index (χ0) is 7.68. The van der Waals surface area contributed by atoms with Crippen molar-refractivity contribution < 1.29 is 4.42 Å². The minimum absolute atomic E-state index is 0.496. The van der Waals surface area contributed by atoms with Crippen LogP contribution in [0.3, 0.4) is 0 Å². The van der Waals surface area contributed by atoms with E-state index in [0.29, 0.717) is 6.04 Å². The van der Waals surface area contributed by atoms with Gasteiger partial charge in [0.1, 0.15) is 11.5 Å². The fraction of sp³-hybridized carbons (Fsp3) is 0.556. The van der Waals surface area contributed by atoms with Crippen molar-refractivity contribution in [1.29, 1.82) is 0 Å². The van der Waals surface area contributed by atoms with E-state index in [1.807, 2.05) is 0 Å². The summed E-state index contributed by atoms with van der Waals surface area (Å²) < 4.78 is 5.57. The molecular weight excluding hydrogens is 138 g/mol. The third-order valence-electron chi connectivity index (χ3n) is 2.20. The second-order valence-corrected chi connectivity index (χ2v) is 2.95. The summed E-state index contributed by atoms with van der Waals surface area (Å²) in [7, 11) is 0. The van der Waals surface area contributed by atoms with Crippen LogP contribution in [0, 0.1) is 0 Å². The van der Waals surface area contributed by atoms with Crippen molar-refractivity contribution in [2.45, 2.75) is 25.8 Å². The van der Waals surface area contributed by atoms with Gasteiger partial charge in [-0.15, -0.1) is 0 Å². The molecule has 1 aliphatic rings. The second-order valence-electron chi connectivity index (χ2n) is 2.95. The van der Waals surface area contributed by atoms with Gasteiger partial charge < -0.3 is 9.73 Å². The van der Waals surface area contributed by atoms with Crippen molar-refractivity contribution in [1.82, 2.24) is 5.32 Å². The van der Waals surface area contributed by atoms with Gasteiger partial charge in [0.25, 0.3) is 0 Å². The highest BCUT2D eigenvalue weighted by atomic mass is 16.3. The maximum atomic E-state index is 5.57. The van der Waals surface area contributed by atoms with Gasteiger partial charge in [0.05, 0.1) is 6.04 Å². The van der Waals surface area contributed by atoms with Crippen LogP contribution in [-0.4, -0.2) is 6.54 Å². The molecule has 1 saturated heterocycles. The highest BCUT2D eigenvalue weighted by Crippen LogP contribution is 2.24. The summed E-state index contributed by atoms with van der Waals surface area (Å²) in [4.78, 5) is 0. The molecule has 1 N–H and O–H groups in total. The first kappa shape index (κ1) is 6.92. The zero-order valence-electron chi connectivity index (χ0n) is 6.76. The van der Waals surface area contributed by atoms with Gasteiger partial charge >= 0.3 is 0 Å². The van der Waals surface area contributed by atoms with Crippen LogP contribution in [0.25, 0.3) is 0 Å². The minimum Gasteiger partial charge on any atom is -0.464 e. The Morgan fingerprint density at radius 1 is 1.64 bits per heavy atom.